The van der Waals surface area contributed by atoms with Gasteiger partial charge in [0.25, 0.3) is 0 Å². The van der Waals surface area contributed by atoms with Crippen LogP contribution in [0.1, 0.15) is 36.9 Å². The molecule has 1 unspecified atom stereocenters. The van der Waals surface area contributed by atoms with Crippen molar-refractivity contribution in [3.8, 4) is 0 Å². The molecular formula is C13H16F3N. The molecule has 1 aromatic rings. The van der Waals surface area contributed by atoms with Gasteiger partial charge >= 0.3 is 6.18 Å². The molecule has 0 heterocycles. The van der Waals surface area contributed by atoms with Gasteiger partial charge in [0.1, 0.15) is 0 Å². The Morgan fingerprint density at radius 1 is 1.41 bits per heavy atom. The van der Waals surface area contributed by atoms with Crippen molar-refractivity contribution in [3.05, 3.63) is 47.5 Å². The number of hydrogen-bond donors (Lipinski definition) is 1. The molecule has 1 aromatic carbocycles. The number of rotatable bonds is 4. The molecular weight excluding hydrogens is 227 g/mol. The summed E-state index contributed by atoms with van der Waals surface area (Å²) in [4.78, 5) is 0. The second-order valence-corrected chi connectivity index (χ2v) is 4.23. The normalized spacial score (nSPS) is 13.5. The molecule has 1 atom stereocenters. The maximum Gasteiger partial charge on any atom is 0.416 e. The highest BCUT2D eigenvalue weighted by molar-refractivity contribution is 5.27. The molecule has 0 spiro atoms. The van der Waals surface area contributed by atoms with Crippen molar-refractivity contribution in [2.75, 3.05) is 0 Å². The van der Waals surface area contributed by atoms with E-state index in [0.717, 1.165) is 24.1 Å². The van der Waals surface area contributed by atoms with E-state index in [4.69, 9.17) is 5.73 Å². The Hall–Kier alpha value is -1.29. The van der Waals surface area contributed by atoms with E-state index in [9.17, 15) is 13.2 Å². The highest BCUT2D eigenvalue weighted by Gasteiger charge is 2.30. The Morgan fingerprint density at radius 3 is 2.59 bits per heavy atom. The standard InChI is InChI=1S/C13H16F3N/c1-9(2)6-7-12(17)10-4-3-5-11(8-10)13(14,15)16/h3-5,8,12H,1,6-7,17H2,2H3. The van der Waals surface area contributed by atoms with Crippen LogP contribution in [0, 0.1) is 0 Å². The Kier molecular flexibility index (Phi) is 4.34. The SMILES string of the molecule is C=C(C)CCC(N)c1cccc(C(F)(F)F)c1. The number of hydrogen-bond acceptors (Lipinski definition) is 1. The number of nitrogens with two attached hydrogens (primary N) is 1. The lowest BCUT2D eigenvalue weighted by atomic mass is 9.99. The van der Waals surface area contributed by atoms with Gasteiger partial charge in [-0.1, -0.05) is 17.7 Å². The molecule has 0 radical (unpaired) electrons. The van der Waals surface area contributed by atoms with Crippen molar-refractivity contribution in [2.24, 2.45) is 5.73 Å². The summed E-state index contributed by atoms with van der Waals surface area (Å²) in [6.07, 6.45) is -2.99. The van der Waals surface area contributed by atoms with Gasteiger partial charge in [-0.15, -0.1) is 6.58 Å². The summed E-state index contributed by atoms with van der Waals surface area (Å²) >= 11 is 0. The van der Waals surface area contributed by atoms with Gasteiger partial charge in [0, 0.05) is 6.04 Å². The van der Waals surface area contributed by atoms with E-state index in [1.54, 1.807) is 6.07 Å². The van der Waals surface area contributed by atoms with Crippen molar-refractivity contribution < 1.29 is 13.2 Å². The van der Waals surface area contributed by atoms with Crippen LogP contribution < -0.4 is 5.73 Å². The van der Waals surface area contributed by atoms with Gasteiger partial charge in [0.2, 0.25) is 0 Å². The third kappa shape index (κ3) is 4.23. The highest BCUT2D eigenvalue weighted by atomic mass is 19.4. The first-order valence-electron chi connectivity index (χ1n) is 5.38. The predicted molar refractivity (Wildman–Crippen MR) is 62.4 cm³/mol. The zero-order chi connectivity index (χ0) is 13.1. The van der Waals surface area contributed by atoms with Gasteiger partial charge < -0.3 is 5.73 Å². The lowest BCUT2D eigenvalue weighted by Crippen LogP contribution is -2.12. The summed E-state index contributed by atoms with van der Waals surface area (Å²) < 4.78 is 37.5. The quantitative estimate of drug-likeness (QED) is 0.793. The third-order valence-electron chi connectivity index (χ3n) is 2.52. The molecule has 0 aliphatic rings. The average Bonchev–Trinajstić information content (AvgIpc) is 2.25. The monoisotopic (exact) mass is 243 g/mol. The van der Waals surface area contributed by atoms with Gasteiger partial charge in [-0.3, -0.25) is 0 Å². The number of benzene rings is 1. The molecule has 1 rings (SSSR count). The maximum absolute atomic E-state index is 12.5. The van der Waals surface area contributed by atoms with Crippen LogP contribution in [0.2, 0.25) is 0 Å². The fourth-order valence-electron chi connectivity index (χ4n) is 1.51. The highest BCUT2D eigenvalue weighted by Crippen LogP contribution is 2.31. The third-order valence-corrected chi connectivity index (χ3v) is 2.52. The fourth-order valence-corrected chi connectivity index (χ4v) is 1.51. The molecule has 1 nitrogen and oxygen atoms in total. The fraction of sp³-hybridized carbons (Fsp3) is 0.385. The van der Waals surface area contributed by atoms with Gasteiger partial charge in [0.05, 0.1) is 5.56 Å². The van der Waals surface area contributed by atoms with Crippen LogP contribution in [0.5, 0.6) is 0 Å². The van der Waals surface area contributed by atoms with Gasteiger partial charge in [-0.25, -0.2) is 0 Å². The average molecular weight is 243 g/mol. The summed E-state index contributed by atoms with van der Waals surface area (Å²) in [5, 5.41) is 0. The Bertz CT molecular complexity index is 396. The molecule has 17 heavy (non-hydrogen) atoms. The van der Waals surface area contributed by atoms with Gasteiger partial charge in [-0.05, 0) is 37.5 Å². The van der Waals surface area contributed by atoms with Crippen LogP contribution in [0.25, 0.3) is 0 Å². The second kappa shape index (κ2) is 5.36. The van der Waals surface area contributed by atoms with E-state index < -0.39 is 11.7 Å². The van der Waals surface area contributed by atoms with E-state index in [-0.39, 0.29) is 6.04 Å². The molecule has 0 saturated heterocycles. The Morgan fingerprint density at radius 2 is 2.06 bits per heavy atom. The Balaban J connectivity index is 2.81. The largest absolute Gasteiger partial charge is 0.416 e. The zero-order valence-corrected chi connectivity index (χ0v) is 9.72. The minimum absolute atomic E-state index is 0.381. The summed E-state index contributed by atoms with van der Waals surface area (Å²) in [6.45, 7) is 5.62. The smallest absolute Gasteiger partial charge is 0.324 e. The topological polar surface area (TPSA) is 26.0 Å². The summed E-state index contributed by atoms with van der Waals surface area (Å²) in [5.74, 6) is 0. The zero-order valence-electron chi connectivity index (χ0n) is 9.72. The van der Waals surface area contributed by atoms with Crippen LogP contribution in [-0.2, 0) is 6.18 Å². The van der Waals surface area contributed by atoms with E-state index in [0.29, 0.717) is 12.0 Å². The molecule has 94 valence electrons. The van der Waals surface area contributed by atoms with Crippen LogP contribution in [0.3, 0.4) is 0 Å². The van der Waals surface area contributed by atoms with Crippen LogP contribution in [0.15, 0.2) is 36.4 Å². The first kappa shape index (κ1) is 13.8. The van der Waals surface area contributed by atoms with E-state index in [1.165, 1.54) is 6.07 Å². The minimum atomic E-state index is -4.32. The lowest BCUT2D eigenvalue weighted by Gasteiger charge is -2.14. The number of allylic oxidation sites excluding steroid dienone is 1. The molecule has 0 aromatic heterocycles. The summed E-state index contributed by atoms with van der Waals surface area (Å²) in [5.41, 5.74) is 6.69. The molecule has 2 N–H and O–H groups in total. The van der Waals surface area contributed by atoms with E-state index >= 15 is 0 Å². The van der Waals surface area contributed by atoms with Crippen molar-refractivity contribution in [1.82, 2.24) is 0 Å². The predicted octanol–water partition coefficient (Wildman–Crippen LogP) is 4.06. The molecule has 0 saturated carbocycles. The molecule has 0 aliphatic heterocycles. The van der Waals surface area contributed by atoms with Crippen molar-refractivity contribution in [3.63, 3.8) is 0 Å². The Labute approximate surface area is 99.1 Å². The minimum Gasteiger partial charge on any atom is -0.324 e. The van der Waals surface area contributed by atoms with Crippen molar-refractivity contribution >= 4 is 0 Å². The van der Waals surface area contributed by atoms with Crippen LogP contribution in [0.4, 0.5) is 13.2 Å². The first-order chi connectivity index (χ1) is 7.80. The van der Waals surface area contributed by atoms with Crippen LogP contribution in [-0.4, -0.2) is 0 Å². The maximum atomic E-state index is 12.5. The molecule has 0 fully saturated rings. The number of alkyl halides is 3. The summed E-state index contributed by atoms with van der Waals surface area (Å²) in [7, 11) is 0. The van der Waals surface area contributed by atoms with E-state index in [1.807, 2.05) is 6.92 Å². The molecule has 0 amide bonds. The number of halogens is 3. The molecule has 0 aliphatic carbocycles. The first-order valence-corrected chi connectivity index (χ1v) is 5.38. The van der Waals surface area contributed by atoms with Crippen LogP contribution >= 0.6 is 0 Å². The van der Waals surface area contributed by atoms with Crippen molar-refractivity contribution in [1.29, 1.82) is 0 Å². The summed E-state index contributed by atoms with van der Waals surface area (Å²) in [6, 6.07) is 4.80. The van der Waals surface area contributed by atoms with Gasteiger partial charge in [0.15, 0.2) is 0 Å². The molecule has 0 bridgehead atoms. The molecule has 4 heteroatoms. The van der Waals surface area contributed by atoms with E-state index in [2.05, 4.69) is 6.58 Å². The lowest BCUT2D eigenvalue weighted by molar-refractivity contribution is -0.137. The van der Waals surface area contributed by atoms with Gasteiger partial charge in [-0.2, -0.15) is 13.2 Å². The van der Waals surface area contributed by atoms with Crippen molar-refractivity contribution in [2.45, 2.75) is 32.0 Å². The second-order valence-electron chi connectivity index (χ2n) is 4.23.